The van der Waals surface area contributed by atoms with Gasteiger partial charge in [-0.25, -0.2) is 0 Å². The van der Waals surface area contributed by atoms with Gasteiger partial charge in [-0.3, -0.25) is 0 Å². The standard InChI is InChI=1S/C12H19NO/c1-2-12(14)8-9-13-10-11-6-4-3-5-7-11/h3-7,12-14H,2,8-10H2,1H3. The fourth-order valence-electron chi connectivity index (χ4n) is 1.30. The second-order valence-corrected chi connectivity index (χ2v) is 3.51. The van der Waals surface area contributed by atoms with Crippen LogP contribution in [0.15, 0.2) is 30.3 Å². The number of hydrogen-bond acceptors (Lipinski definition) is 2. The van der Waals surface area contributed by atoms with Gasteiger partial charge in [0.1, 0.15) is 0 Å². The zero-order chi connectivity index (χ0) is 10.2. The van der Waals surface area contributed by atoms with Gasteiger partial charge < -0.3 is 10.4 Å². The monoisotopic (exact) mass is 193 g/mol. The van der Waals surface area contributed by atoms with Crippen molar-refractivity contribution in [3.8, 4) is 0 Å². The van der Waals surface area contributed by atoms with Gasteiger partial charge in [-0.05, 0) is 24.9 Å². The first-order chi connectivity index (χ1) is 6.83. The molecule has 0 radical (unpaired) electrons. The zero-order valence-electron chi connectivity index (χ0n) is 8.74. The van der Waals surface area contributed by atoms with Crippen LogP contribution in [0.2, 0.25) is 0 Å². The van der Waals surface area contributed by atoms with Crippen LogP contribution in [0.5, 0.6) is 0 Å². The highest BCUT2D eigenvalue weighted by atomic mass is 16.3. The molecule has 2 nitrogen and oxygen atoms in total. The molecule has 1 unspecified atom stereocenters. The molecule has 0 heterocycles. The molecule has 0 aliphatic rings. The van der Waals surface area contributed by atoms with E-state index in [1.54, 1.807) is 0 Å². The van der Waals surface area contributed by atoms with E-state index in [9.17, 15) is 5.11 Å². The summed E-state index contributed by atoms with van der Waals surface area (Å²) in [5.41, 5.74) is 1.29. The Hall–Kier alpha value is -0.860. The maximum Gasteiger partial charge on any atom is 0.0549 e. The van der Waals surface area contributed by atoms with Gasteiger partial charge in [0.15, 0.2) is 0 Å². The van der Waals surface area contributed by atoms with Crippen molar-refractivity contribution < 1.29 is 5.11 Å². The zero-order valence-corrected chi connectivity index (χ0v) is 8.74. The van der Waals surface area contributed by atoms with Crippen LogP contribution in [0.25, 0.3) is 0 Å². The molecule has 2 N–H and O–H groups in total. The van der Waals surface area contributed by atoms with E-state index in [-0.39, 0.29) is 6.10 Å². The molecule has 1 aromatic rings. The van der Waals surface area contributed by atoms with Crippen molar-refractivity contribution in [3.05, 3.63) is 35.9 Å². The number of hydrogen-bond donors (Lipinski definition) is 2. The minimum absolute atomic E-state index is 0.154. The molecule has 0 aliphatic heterocycles. The van der Waals surface area contributed by atoms with Crippen LogP contribution in [0.4, 0.5) is 0 Å². The normalized spacial score (nSPS) is 12.7. The Morgan fingerprint density at radius 3 is 2.64 bits per heavy atom. The SMILES string of the molecule is CCC(O)CCNCc1ccccc1. The number of aliphatic hydroxyl groups is 1. The van der Waals surface area contributed by atoms with E-state index in [0.717, 1.165) is 25.9 Å². The summed E-state index contributed by atoms with van der Waals surface area (Å²) in [5.74, 6) is 0. The Morgan fingerprint density at radius 2 is 2.00 bits per heavy atom. The Kier molecular flexibility index (Phi) is 5.27. The van der Waals surface area contributed by atoms with E-state index >= 15 is 0 Å². The lowest BCUT2D eigenvalue weighted by Gasteiger charge is -2.08. The maximum atomic E-state index is 9.32. The van der Waals surface area contributed by atoms with Crippen LogP contribution < -0.4 is 5.32 Å². The summed E-state index contributed by atoms with van der Waals surface area (Å²) in [6, 6.07) is 10.3. The van der Waals surface area contributed by atoms with Crippen molar-refractivity contribution in [2.24, 2.45) is 0 Å². The van der Waals surface area contributed by atoms with E-state index in [1.807, 2.05) is 25.1 Å². The highest BCUT2D eigenvalue weighted by molar-refractivity contribution is 5.14. The van der Waals surface area contributed by atoms with Gasteiger partial charge in [-0.1, -0.05) is 37.3 Å². The first-order valence-corrected chi connectivity index (χ1v) is 5.25. The van der Waals surface area contributed by atoms with Crippen molar-refractivity contribution in [3.63, 3.8) is 0 Å². The molecule has 2 heteroatoms. The second-order valence-electron chi connectivity index (χ2n) is 3.51. The van der Waals surface area contributed by atoms with E-state index in [2.05, 4.69) is 17.4 Å². The highest BCUT2D eigenvalue weighted by Crippen LogP contribution is 1.98. The average molecular weight is 193 g/mol. The van der Waals surface area contributed by atoms with Crippen molar-refractivity contribution in [2.75, 3.05) is 6.54 Å². The Bertz CT molecular complexity index is 235. The molecule has 1 atom stereocenters. The highest BCUT2D eigenvalue weighted by Gasteiger charge is 1.98. The molecule has 0 amide bonds. The number of rotatable bonds is 6. The van der Waals surface area contributed by atoms with E-state index in [1.165, 1.54) is 5.56 Å². The predicted octanol–water partition coefficient (Wildman–Crippen LogP) is 1.94. The van der Waals surface area contributed by atoms with Gasteiger partial charge in [0, 0.05) is 6.54 Å². The number of benzene rings is 1. The molecule has 0 fully saturated rings. The van der Waals surface area contributed by atoms with Gasteiger partial charge >= 0.3 is 0 Å². The summed E-state index contributed by atoms with van der Waals surface area (Å²) in [6.07, 6.45) is 1.52. The topological polar surface area (TPSA) is 32.3 Å². The lowest BCUT2D eigenvalue weighted by molar-refractivity contribution is 0.159. The summed E-state index contributed by atoms with van der Waals surface area (Å²) in [5, 5.41) is 12.6. The van der Waals surface area contributed by atoms with Crippen LogP contribution in [0.1, 0.15) is 25.3 Å². The van der Waals surface area contributed by atoms with Crippen LogP contribution >= 0.6 is 0 Å². The van der Waals surface area contributed by atoms with Crippen LogP contribution in [-0.2, 0) is 6.54 Å². The van der Waals surface area contributed by atoms with Crippen molar-refractivity contribution in [2.45, 2.75) is 32.4 Å². The summed E-state index contributed by atoms with van der Waals surface area (Å²) < 4.78 is 0. The molecular weight excluding hydrogens is 174 g/mol. The van der Waals surface area contributed by atoms with Gasteiger partial charge in [0.2, 0.25) is 0 Å². The second kappa shape index (κ2) is 6.57. The maximum absolute atomic E-state index is 9.32. The van der Waals surface area contributed by atoms with E-state index in [0.29, 0.717) is 0 Å². The largest absolute Gasteiger partial charge is 0.393 e. The van der Waals surface area contributed by atoms with E-state index < -0.39 is 0 Å². The minimum atomic E-state index is -0.154. The smallest absolute Gasteiger partial charge is 0.0549 e. The molecule has 0 aromatic heterocycles. The molecule has 78 valence electrons. The van der Waals surface area contributed by atoms with Gasteiger partial charge in [0.25, 0.3) is 0 Å². The van der Waals surface area contributed by atoms with Crippen LogP contribution in [-0.4, -0.2) is 17.8 Å². The lowest BCUT2D eigenvalue weighted by atomic mass is 10.2. The Labute approximate surface area is 86.0 Å². The summed E-state index contributed by atoms with van der Waals surface area (Å²) in [6.45, 7) is 3.77. The number of aliphatic hydroxyl groups excluding tert-OH is 1. The minimum Gasteiger partial charge on any atom is -0.393 e. The molecule has 0 saturated heterocycles. The summed E-state index contributed by atoms with van der Waals surface area (Å²) >= 11 is 0. The van der Waals surface area contributed by atoms with E-state index in [4.69, 9.17) is 0 Å². The third-order valence-electron chi connectivity index (χ3n) is 2.30. The average Bonchev–Trinajstić information content (AvgIpc) is 2.25. The summed E-state index contributed by atoms with van der Waals surface area (Å²) in [4.78, 5) is 0. The number of nitrogens with one attached hydrogen (secondary N) is 1. The summed E-state index contributed by atoms with van der Waals surface area (Å²) in [7, 11) is 0. The van der Waals surface area contributed by atoms with Gasteiger partial charge in [0.05, 0.1) is 6.10 Å². The molecule has 0 aliphatic carbocycles. The third kappa shape index (κ3) is 4.40. The molecule has 14 heavy (non-hydrogen) atoms. The van der Waals surface area contributed by atoms with Crippen molar-refractivity contribution >= 4 is 0 Å². The first-order valence-electron chi connectivity index (χ1n) is 5.25. The predicted molar refractivity (Wildman–Crippen MR) is 59.1 cm³/mol. The quantitative estimate of drug-likeness (QED) is 0.677. The van der Waals surface area contributed by atoms with Crippen molar-refractivity contribution in [1.29, 1.82) is 0 Å². The molecule has 0 saturated carbocycles. The molecular formula is C12H19NO. The molecule has 1 aromatic carbocycles. The van der Waals surface area contributed by atoms with Gasteiger partial charge in [-0.15, -0.1) is 0 Å². The molecule has 0 spiro atoms. The Morgan fingerprint density at radius 1 is 1.29 bits per heavy atom. The lowest BCUT2D eigenvalue weighted by Crippen LogP contribution is -2.19. The Balaban J connectivity index is 2.10. The van der Waals surface area contributed by atoms with Crippen molar-refractivity contribution in [1.82, 2.24) is 5.32 Å². The van der Waals surface area contributed by atoms with Crippen LogP contribution in [0, 0.1) is 0 Å². The van der Waals surface area contributed by atoms with Crippen LogP contribution in [0.3, 0.4) is 0 Å². The molecule has 1 rings (SSSR count). The molecule has 0 bridgehead atoms. The fraction of sp³-hybridized carbons (Fsp3) is 0.500. The van der Waals surface area contributed by atoms with Gasteiger partial charge in [-0.2, -0.15) is 0 Å². The first kappa shape index (κ1) is 11.2. The fourth-order valence-corrected chi connectivity index (χ4v) is 1.30. The third-order valence-corrected chi connectivity index (χ3v) is 2.30.